The van der Waals surface area contributed by atoms with Crippen LogP contribution in [0.2, 0.25) is 0 Å². The zero-order valence-corrected chi connectivity index (χ0v) is 16.7. The zero-order chi connectivity index (χ0) is 19.0. The molecule has 6 heteroatoms. The molecule has 0 spiro atoms. The van der Waals surface area contributed by atoms with Gasteiger partial charge < -0.3 is 4.90 Å². The number of amides is 2. The Labute approximate surface area is 164 Å². The number of nitrogens with zero attached hydrogens (tertiary/aromatic N) is 3. The summed E-state index contributed by atoms with van der Waals surface area (Å²) >= 11 is 1.79. The molecule has 5 nitrogen and oxygen atoms in total. The lowest BCUT2D eigenvalue weighted by Gasteiger charge is -2.35. The van der Waals surface area contributed by atoms with Crippen molar-refractivity contribution in [1.29, 1.82) is 0 Å². The molecule has 1 atom stereocenters. The molecule has 2 aliphatic heterocycles. The van der Waals surface area contributed by atoms with Gasteiger partial charge in [0.2, 0.25) is 11.8 Å². The normalized spacial score (nSPS) is 21.1. The molecule has 142 valence electrons. The van der Waals surface area contributed by atoms with Crippen LogP contribution in [0.3, 0.4) is 0 Å². The van der Waals surface area contributed by atoms with Crippen LogP contribution in [0.1, 0.15) is 47.2 Å². The maximum Gasteiger partial charge on any atom is 0.245 e. The molecule has 2 fully saturated rings. The molecule has 2 aliphatic rings. The Bertz CT molecular complexity index is 821. The van der Waals surface area contributed by atoms with Crippen molar-refractivity contribution in [2.75, 3.05) is 18.0 Å². The smallest absolute Gasteiger partial charge is 0.245 e. The molecule has 1 unspecified atom stereocenters. The number of aromatic nitrogens is 1. The van der Waals surface area contributed by atoms with Gasteiger partial charge in [0.25, 0.3) is 0 Å². The number of piperidine rings is 1. The topological polar surface area (TPSA) is 53.5 Å². The van der Waals surface area contributed by atoms with Crippen LogP contribution in [0.4, 0.5) is 5.69 Å². The molecule has 0 N–H and O–H groups in total. The van der Waals surface area contributed by atoms with Crippen LogP contribution in [-0.4, -0.2) is 40.8 Å². The maximum atomic E-state index is 13.2. The Morgan fingerprint density at radius 1 is 1.11 bits per heavy atom. The van der Waals surface area contributed by atoms with Gasteiger partial charge in [-0.25, -0.2) is 4.98 Å². The second kappa shape index (κ2) is 7.43. The van der Waals surface area contributed by atoms with Gasteiger partial charge >= 0.3 is 0 Å². The Balaban J connectivity index is 1.43. The molecule has 2 amide bonds. The number of likely N-dealkylation sites (tertiary alicyclic amines) is 1. The van der Waals surface area contributed by atoms with Crippen LogP contribution >= 0.6 is 11.3 Å². The molecular weight excluding hydrogens is 358 g/mol. The molecule has 2 saturated heterocycles. The minimum atomic E-state index is -0.360. The average molecular weight is 384 g/mol. The number of aryl methyl sites for hydroxylation is 2. The highest BCUT2D eigenvalue weighted by Crippen LogP contribution is 2.34. The summed E-state index contributed by atoms with van der Waals surface area (Å²) in [6.07, 6.45) is 2.95. The molecule has 27 heavy (non-hydrogen) atoms. The van der Waals surface area contributed by atoms with Gasteiger partial charge in [0.05, 0.1) is 10.7 Å². The number of carbonyl (C=O) groups excluding carboxylic acids is 2. The SMILES string of the molecule is Cc1nc(C2CCN(C(=O)C3CCC(=O)N3c3ccccc3)CC2)sc1C. The zero-order valence-electron chi connectivity index (χ0n) is 15.9. The third kappa shape index (κ3) is 3.50. The highest BCUT2D eigenvalue weighted by Gasteiger charge is 2.40. The number of benzene rings is 1. The van der Waals surface area contributed by atoms with Crippen molar-refractivity contribution in [3.8, 4) is 0 Å². The summed E-state index contributed by atoms with van der Waals surface area (Å²) in [5.74, 6) is 0.583. The van der Waals surface area contributed by atoms with Crippen molar-refractivity contribution in [3.63, 3.8) is 0 Å². The van der Waals surface area contributed by atoms with E-state index in [1.54, 1.807) is 16.2 Å². The second-order valence-corrected chi connectivity index (χ2v) is 8.68. The van der Waals surface area contributed by atoms with Crippen LogP contribution < -0.4 is 4.90 Å². The summed E-state index contributed by atoms with van der Waals surface area (Å²) in [5.41, 5.74) is 1.94. The Hall–Kier alpha value is -2.21. The fourth-order valence-corrected chi connectivity index (χ4v) is 5.15. The van der Waals surface area contributed by atoms with Gasteiger partial charge in [-0.2, -0.15) is 0 Å². The lowest BCUT2D eigenvalue weighted by molar-refractivity contribution is -0.134. The van der Waals surface area contributed by atoms with Gasteiger partial charge in [-0.3, -0.25) is 14.5 Å². The molecule has 2 aromatic rings. The molecule has 1 aromatic carbocycles. The van der Waals surface area contributed by atoms with Gasteiger partial charge in [-0.05, 0) is 45.2 Å². The van der Waals surface area contributed by atoms with Gasteiger partial charge in [-0.1, -0.05) is 18.2 Å². The summed E-state index contributed by atoms with van der Waals surface area (Å²) in [5, 5.41) is 1.21. The fraction of sp³-hybridized carbons (Fsp3) is 0.476. The van der Waals surface area contributed by atoms with Crippen LogP contribution in [-0.2, 0) is 9.59 Å². The third-order valence-electron chi connectivity index (χ3n) is 5.73. The van der Waals surface area contributed by atoms with Gasteiger partial charge in [0.15, 0.2) is 0 Å². The number of para-hydroxylation sites is 1. The van der Waals surface area contributed by atoms with Crippen LogP contribution in [0.15, 0.2) is 30.3 Å². The minimum absolute atomic E-state index is 0.0446. The molecule has 3 heterocycles. The van der Waals surface area contributed by atoms with E-state index < -0.39 is 0 Å². The molecule has 0 radical (unpaired) electrons. The maximum absolute atomic E-state index is 13.2. The summed E-state index contributed by atoms with van der Waals surface area (Å²) in [6.45, 7) is 5.66. The largest absolute Gasteiger partial charge is 0.341 e. The average Bonchev–Trinajstić information content (AvgIpc) is 3.24. The molecule has 1 aromatic heterocycles. The summed E-state index contributed by atoms with van der Waals surface area (Å²) in [7, 11) is 0. The van der Waals surface area contributed by atoms with Crippen molar-refractivity contribution in [2.45, 2.75) is 51.5 Å². The van der Waals surface area contributed by atoms with Crippen molar-refractivity contribution >= 4 is 28.8 Å². The van der Waals surface area contributed by atoms with E-state index in [0.717, 1.165) is 37.3 Å². The highest BCUT2D eigenvalue weighted by atomic mass is 32.1. The highest BCUT2D eigenvalue weighted by molar-refractivity contribution is 7.11. The predicted octanol–water partition coefficient (Wildman–Crippen LogP) is 3.66. The van der Waals surface area contributed by atoms with Crippen LogP contribution in [0.5, 0.6) is 0 Å². The van der Waals surface area contributed by atoms with Crippen molar-refractivity contribution in [3.05, 3.63) is 45.9 Å². The summed E-state index contributed by atoms with van der Waals surface area (Å²) in [6, 6.07) is 9.19. The Morgan fingerprint density at radius 2 is 1.81 bits per heavy atom. The molecule has 0 saturated carbocycles. The lowest BCUT2D eigenvalue weighted by Crippen LogP contribution is -2.49. The second-order valence-electron chi connectivity index (χ2n) is 7.45. The monoisotopic (exact) mass is 383 g/mol. The first-order valence-electron chi connectivity index (χ1n) is 9.64. The van der Waals surface area contributed by atoms with E-state index in [1.807, 2.05) is 35.2 Å². The van der Waals surface area contributed by atoms with Crippen molar-refractivity contribution in [2.24, 2.45) is 0 Å². The quantitative estimate of drug-likeness (QED) is 0.813. The number of carbonyl (C=O) groups is 2. The van der Waals surface area contributed by atoms with E-state index in [4.69, 9.17) is 4.98 Å². The number of hydrogen-bond acceptors (Lipinski definition) is 4. The minimum Gasteiger partial charge on any atom is -0.341 e. The van der Waals surface area contributed by atoms with E-state index in [2.05, 4.69) is 13.8 Å². The Kier molecular flexibility index (Phi) is 5.00. The van der Waals surface area contributed by atoms with E-state index in [0.29, 0.717) is 18.8 Å². The predicted molar refractivity (Wildman–Crippen MR) is 107 cm³/mol. The van der Waals surface area contributed by atoms with Gasteiger partial charge in [0, 0.05) is 36.0 Å². The van der Waals surface area contributed by atoms with Crippen molar-refractivity contribution < 1.29 is 9.59 Å². The van der Waals surface area contributed by atoms with Crippen molar-refractivity contribution in [1.82, 2.24) is 9.88 Å². The van der Waals surface area contributed by atoms with Crippen LogP contribution in [0, 0.1) is 13.8 Å². The third-order valence-corrected chi connectivity index (χ3v) is 6.97. The fourth-order valence-electron chi connectivity index (χ4n) is 4.06. The van der Waals surface area contributed by atoms with E-state index in [9.17, 15) is 9.59 Å². The summed E-state index contributed by atoms with van der Waals surface area (Å²) in [4.78, 5) is 35.2. The number of anilines is 1. The molecule has 0 bridgehead atoms. The van der Waals surface area contributed by atoms with E-state index in [1.165, 1.54) is 9.88 Å². The first kappa shape index (κ1) is 18.2. The number of hydrogen-bond donors (Lipinski definition) is 0. The molecule has 0 aliphatic carbocycles. The van der Waals surface area contributed by atoms with E-state index >= 15 is 0 Å². The standard InChI is InChI=1S/C21H25N3O2S/c1-14-15(2)27-20(22-14)16-10-12-23(13-11-16)21(26)18-8-9-19(25)24(18)17-6-4-3-5-7-17/h3-7,16,18H,8-13H2,1-2H3. The van der Waals surface area contributed by atoms with Gasteiger partial charge in [-0.15, -0.1) is 11.3 Å². The summed E-state index contributed by atoms with van der Waals surface area (Å²) < 4.78 is 0. The number of rotatable bonds is 3. The first-order chi connectivity index (χ1) is 13.0. The Morgan fingerprint density at radius 3 is 2.44 bits per heavy atom. The lowest BCUT2D eigenvalue weighted by atomic mass is 9.96. The number of thiazole rings is 1. The van der Waals surface area contributed by atoms with Crippen LogP contribution in [0.25, 0.3) is 0 Å². The first-order valence-corrected chi connectivity index (χ1v) is 10.5. The van der Waals surface area contributed by atoms with E-state index in [-0.39, 0.29) is 17.9 Å². The molecular formula is C21H25N3O2S. The molecule has 4 rings (SSSR count). The van der Waals surface area contributed by atoms with Gasteiger partial charge in [0.1, 0.15) is 6.04 Å².